The first-order chi connectivity index (χ1) is 17.5. The van der Waals surface area contributed by atoms with Crippen molar-refractivity contribution in [3.63, 3.8) is 0 Å². The van der Waals surface area contributed by atoms with E-state index in [0.29, 0.717) is 23.5 Å². The lowest BCUT2D eigenvalue weighted by Crippen LogP contribution is -2.29. The number of amides is 1. The van der Waals surface area contributed by atoms with Crippen LogP contribution in [0.15, 0.2) is 84.6 Å². The average Bonchev–Trinajstić information content (AvgIpc) is 3.44. The highest BCUT2D eigenvalue weighted by Gasteiger charge is 2.46. The van der Waals surface area contributed by atoms with Gasteiger partial charge in [-0.3, -0.25) is 9.59 Å². The van der Waals surface area contributed by atoms with Crippen molar-refractivity contribution in [2.45, 2.75) is 19.5 Å². The van der Waals surface area contributed by atoms with Crippen molar-refractivity contribution in [3.05, 3.63) is 101 Å². The number of hydrogen-bond donors (Lipinski definition) is 2. The van der Waals surface area contributed by atoms with Crippen molar-refractivity contribution in [2.75, 3.05) is 13.7 Å². The Morgan fingerprint density at radius 1 is 0.972 bits per heavy atom. The fourth-order valence-electron chi connectivity index (χ4n) is 4.64. The number of carbonyl (C=O) groups excluding carboxylic acids is 2. The van der Waals surface area contributed by atoms with E-state index in [1.54, 1.807) is 25.4 Å². The summed E-state index contributed by atoms with van der Waals surface area (Å²) in [5, 5.41) is 12.2. The molecule has 1 fully saturated rings. The maximum atomic E-state index is 13.4. The van der Waals surface area contributed by atoms with Gasteiger partial charge in [0, 0.05) is 29.2 Å². The van der Waals surface area contributed by atoms with Gasteiger partial charge in [0.25, 0.3) is 11.7 Å². The summed E-state index contributed by atoms with van der Waals surface area (Å²) in [6.07, 6.45) is 1.66. The first-order valence-electron chi connectivity index (χ1n) is 11.7. The van der Waals surface area contributed by atoms with Crippen LogP contribution >= 0.6 is 0 Å². The minimum atomic E-state index is -0.767. The minimum Gasteiger partial charge on any atom is -0.507 e. The second-order valence-electron chi connectivity index (χ2n) is 8.53. The van der Waals surface area contributed by atoms with Gasteiger partial charge in [-0.25, -0.2) is 0 Å². The zero-order valence-electron chi connectivity index (χ0n) is 20.0. The van der Waals surface area contributed by atoms with Crippen LogP contribution in [0.25, 0.3) is 16.7 Å². The number of rotatable bonds is 7. The van der Waals surface area contributed by atoms with Crippen molar-refractivity contribution in [1.82, 2.24) is 9.88 Å². The molecule has 7 nitrogen and oxygen atoms in total. The molecule has 182 valence electrons. The van der Waals surface area contributed by atoms with Crippen LogP contribution in [0.4, 0.5) is 0 Å². The normalized spacial score (nSPS) is 17.1. The fourth-order valence-corrected chi connectivity index (χ4v) is 4.64. The number of methoxy groups -OCH3 is 1. The predicted molar refractivity (Wildman–Crippen MR) is 137 cm³/mol. The first-order valence-corrected chi connectivity index (χ1v) is 11.7. The minimum absolute atomic E-state index is 0.0563. The lowest BCUT2D eigenvalue weighted by Gasteiger charge is -2.25. The Kier molecular flexibility index (Phi) is 6.21. The molecule has 1 aliphatic heterocycles. The van der Waals surface area contributed by atoms with E-state index in [4.69, 9.17) is 9.47 Å². The fraction of sp³-hybridized carbons (Fsp3) is 0.172. The number of hydrogen-bond acceptors (Lipinski definition) is 5. The highest BCUT2D eigenvalue weighted by Crippen LogP contribution is 2.41. The average molecular weight is 483 g/mol. The number of nitrogens with one attached hydrogen (secondary N) is 1. The molecule has 1 atom stereocenters. The number of para-hydroxylation sites is 1. The van der Waals surface area contributed by atoms with Gasteiger partial charge in [-0.2, -0.15) is 0 Å². The van der Waals surface area contributed by atoms with Crippen LogP contribution in [0, 0.1) is 0 Å². The van der Waals surface area contributed by atoms with Crippen LogP contribution in [0.2, 0.25) is 0 Å². The van der Waals surface area contributed by atoms with E-state index in [9.17, 15) is 14.7 Å². The van der Waals surface area contributed by atoms with Crippen molar-refractivity contribution in [3.8, 4) is 11.5 Å². The molecule has 0 radical (unpaired) electrons. The number of H-pyrrole nitrogens is 1. The molecule has 4 aromatic rings. The molecule has 1 aliphatic rings. The second-order valence-corrected chi connectivity index (χ2v) is 8.53. The van der Waals surface area contributed by atoms with Gasteiger partial charge in [0.15, 0.2) is 0 Å². The third kappa shape index (κ3) is 4.09. The molecule has 3 aromatic carbocycles. The molecule has 0 aliphatic carbocycles. The highest BCUT2D eigenvalue weighted by atomic mass is 16.5. The molecule has 1 unspecified atom stereocenters. The van der Waals surface area contributed by atoms with Gasteiger partial charge >= 0.3 is 0 Å². The molecule has 0 bridgehead atoms. The molecule has 1 saturated heterocycles. The number of fused-ring (bicyclic) bond motifs is 1. The monoisotopic (exact) mass is 482 g/mol. The summed E-state index contributed by atoms with van der Waals surface area (Å²) >= 11 is 0. The number of likely N-dealkylation sites (tertiary alicyclic amines) is 1. The summed E-state index contributed by atoms with van der Waals surface area (Å²) in [5.74, 6) is -0.204. The maximum absolute atomic E-state index is 13.4. The number of carbonyl (C=O) groups is 2. The van der Waals surface area contributed by atoms with E-state index in [-0.39, 0.29) is 17.9 Å². The van der Waals surface area contributed by atoms with Gasteiger partial charge in [0.05, 0.1) is 25.3 Å². The largest absolute Gasteiger partial charge is 0.507 e. The molecule has 5 rings (SSSR count). The second kappa shape index (κ2) is 9.62. The number of Topliss-reactive ketones (excluding diaryl/α,β-unsaturated/α-hetero) is 1. The van der Waals surface area contributed by atoms with Gasteiger partial charge < -0.3 is 24.5 Å². The number of aromatic amines is 1. The van der Waals surface area contributed by atoms with Crippen molar-refractivity contribution in [1.29, 1.82) is 0 Å². The third-order valence-electron chi connectivity index (χ3n) is 6.40. The van der Waals surface area contributed by atoms with Crippen molar-refractivity contribution < 1.29 is 24.2 Å². The molecule has 1 amide bonds. The lowest BCUT2D eigenvalue weighted by atomic mass is 9.95. The summed E-state index contributed by atoms with van der Waals surface area (Å²) < 4.78 is 10.8. The summed E-state index contributed by atoms with van der Waals surface area (Å²) in [7, 11) is 1.57. The van der Waals surface area contributed by atoms with Gasteiger partial charge in [-0.15, -0.1) is 0 Å². The van der Waals surface area contributed by atoms with Crippen molar-refractivity contribution in [2.24, 2.45) is 0 Å². The number of aromatic nitrogens is 1. The van der Waals surface area contributed by atoms with E-state index in [1.807, 2.05) is 67.6 Å². The molecule has 0 spiro atoms. The van der Waals surface area contributed by atoms with E-state index < -0.39 is 17.7 Å². The van der Waals surface area contributed by atoms with Crippen LogP contribution in [0.5, 0.6) is 11.5 Å². The van der Waals surface area contributed by atoms with E-state index >= 15 is 0 Å². The summed E-state index contributed by atoms with van der Waals surface area (Å²) in [5.41, 5.74) is 2.89. The number of benzene rings is 3. The number of aliphatic hydroxyl groups is 1. The summed E-state index contributed by atoms with van der Waals surface area (Å²) in [6.45, 7) is 2.66. The SMILES string of the molecule is CCOc1ccc(CN2C(=O)C(=O)/C(=C(\O)c3c[nH]c4ccccc34)C2c2ccc(OC)cc2)cc1. The van der Waals surface area contributed by atoms with Crippen LogP contribution in [0.3, 0.4) is 0 Å². The molecule has 7 heteroatoms. The number of aliphatic hydroxyl groups excluding tert-OH is 1. The third-order valence-corrected chi connectivity index (χ3v) is 6.40. The highest BCUT2D eigenvalue weighted by molar-refractivity contribution is 6.46. The summed E-state index contributed by atoms with van der Waals surface area (Å²) in [4.78, 5) is 31.3. The smallest absolute Gasteiger partial charge is 0.295 e. The van der Waals surface area contributed by atoms with Crippen LogP contribution in [0.1, 0.15) is 29.7 Å². The van der Waals surface area contributed by atoms with E-state index in [0.717, 1.165) is 22.2 Å². The molecule has 0 saturated carbocycles. The van der Waals surface area contributed by atoms with Crippen LogP contribution in [-0.2, 0) is 16.1 Å². The number of ketones is 1. The Morgan fingerprint density at radius 2 is 1.67 bits per heavy atom. The standard InChI is InChI=1S/C29H26N2O5/c1-3-36-21-12-8-18(9-13-21)17-31-26(19-10-14-20(35-2)15-11-19)25(28(33)29(31)34)27(32)23-16-30-24-7-5-4-6-22(23)24/h4-16,26,30,32H,3,17H2,1-2H3/b27-25-. The Hall–Kier alpha value is -4.52. The van der Waals surface area contributed by atoms with E-state index in [1.165, 1.54) is 4.90 Å². The number of nitrogens with zero attached hydrogens (tertiary/aromatic N) is 1. The van der Waals surface area contributed by atoms with Crippen LogP contribution < -0.4 is 9.47 Å². The molecular formula is C29H26N2O5. The zero-order chi connectivity index (χ0) is 25.2. The van der Waals surface area contributed by atoms with E-state index in [2.05, 4.69) is 4.98 Å². The van der Waals surface area contributed by atoms with Gasteiger partial charge in [0.2, 0.25) is 0 Å². The molecule has 2 heterocycles. The molecule has 2 N–H and O–H groups in total. The maximum Gasteiger partial charge on any atom is 0.295 e. The molecule has 36 heavy (non-hydrogen) atoms. The number of ether oxygens (including phenoxy) is 2. The first kappa shape index (κ1) is 23.2. The molecular weight excluding hydrogens is 456 g/mol. The summed E-state index contributed by atoms with van der Waals surface area (Å²) in [6, 6.07) is 21.3. The Morgan fingerprint density at radius 3 is 2.36 bits per heavy atom. The van der Waals surface area contributed by atoms with Gasteiger partial charge in [-0.1, -0.05) is 42.5 Å². The Balaban J connectivity index is 1.62. The predicted octanol–water partition coefficient (Wildman–Crippen LogP) is 5.20. The van der Waals surface area contributed by atoms with Gasteiger partial charge in [-0.05, 0) is 48.4 Å². The zero-order valence-corrected chi connectivity index (χ0v) is 20.0. The van der Waals surface area contributed by atoms with Crippen molar-refractivity contribution >= 4 is 28.4 Å². The Bertz CT molecular complexity index is 1450. The Labute approximate surface area is 208 Å². The topological polar surface area (TPSA) is 91.9 Å². The quantitative estimate of drug-likeness (QED) is 0.215. The van der Waals surface area contributed by atoms with Crippen LogP contribution in [-0.4, -0.2) is 40.4 Å². The van der Waals surface area contributed by atoms with Gasteiger partial charge in [0.1, 0.15) is 17.3 Å². The lowest BCUT2D eigenvalue weighted by molar-refractivity contribution is -0.140. The molecule has 1 aromatic heterocycles.